The third kappa shape index (κ3) is 3.17. The molecule has 1 unspecified atom stereocenters. The molecule has 5 heteroatoms. The molecule has 0 bridgehead atoms. The number of furan rings is 1. The Labute approximate surface area is 181 Å². The number of nitrogens with one attached hydrogen (secondary N) is 1. The summed E-state index contributed by atoms with van der Waals surface area (Å²) in [7, 11) is 0. The zero-order valence-electron chi connectivity index (χ0n) is 18.0. The van der Waals surface area contributed by atoms with Gasteiger partial charge in [-0.05, 0) is 20.8 Å². The second kappa shape index (κ2) is 7.75. The van der Waals surface area contributed by atoms with E-state index in [4.69, 9.17) is 13.9 Å². The summed E-state index contributed by atoms with van der Waals surface area (Å²) >= 11 is 0. The van der Waals surface area contributed by atoms with Gasteiger partial charge < -0.3 is 13.9 Å². The van der Waals surface area contributed by atoms with E-state index in [-0.39, 0.29) is 12.0 Å². The molecule has 0 radical (unpaired) electrons. The fourth-order valence-corrected chi connectivity index (χ4v) is 4.66. The van der Waals surface area contributed by atoms with Crippen LogP contribution < -0.4 is 9.64 Å². The highest BCUT2D eigenvalue weighted by Gasteiger charge is 2.33. The number of carbonyl (C=O) groups is 1. The van der Waals surface area contributed by atoms with Crippen molar-refractivity contribution >= 4 is 27.7 Å². The quantitative estimate of drug-likeness (QED) is 0.495. The smallest absolute Gasteiger partial charge is 0.342 e. The molecule has 1 aliphatic heterocycles. The average molecular weight is 416 g/mol. The third-order valence-corrected chi connectivity index (χ3v) is 6.27. The van der Waals surface area contributed by atoms with Gasteiger partial charge in [0.1, 0.15) is 35.2 Å². The standard InChI is InChI=1S/C26H25NO4/c1-4-29-26(28)22-17(3)31-25-20-13-9-8-12-19(20)24-21(23(22)25)14-27(15-30-24)16(2)18-10-6-5-7-11-18/h5-13,16H,4,14-15H2,1-3H3/p+1/t16-/m0/s1. The number of hydrogen-bond acceptors (Lipinski definition) is 4. The van der Waals surface area contributed by atoms with Crippen molar-refractivity contribution in [1.82, 2.24) is 0 Å². The van der Waals surface area contributed by atoms with Crippen molar-refractivity contribution < 1.29 is 23.6 Å². The molecule has 0 spiro atoms. The molecule has 0 saturated heterocycles. The van der Waals surface area contributed by atoms with E-state index in [0.717, 1.165) is 39.6 Å². The van der Waals surface area contributed by atoms with E-state index in [1.165, 1.54) is 10.5 Å². The SMILES string of the molecule is CCOC(=O)c1c(C)oc2c1c1c(c3ccccc32)OC[NH+]([C@@H](C)c2ccccc2)C1. The largest absolute Gasteiger partial charge is 0.462 e. The van der Waals surface area contributed by atoms with Gasteiger partial charge in [0.05, 0.1) is 12.2 Å². The minimum atomic E-state index is -0.348. The van der Waals surface area contributed by atoms with Crippen LogP contribution in [0.4, 0.5) is 0 Å². The molecule has 5 nitrogen and oxygen atoms in total. The Hall–Kier alpha value is -3.31. The first-order valence-corrected chi connectivity index (χ1v) is 10.8. The maximum Gasteiger partial charge on any atom is 0.342 e. The van der Waals surface area contributed by atoms with Crippen molar-refractivity contribution in [2.24, 2.45) is 0 Å². The molecule has 4 aromatic rings. The van der Waals surface area contributed by atoms with Crippen LogP contribution in [0.2, 0.25) is 0 Å². The minimum absolute atomic E-state index is 0.245. The highest BCUT2D eigenvalue weighted by Crippen LogP contribution is 2.42. The molecule has 2 heterocycles. The third-order valence-electron chi connectivity index (χ3n) is 6.27. The predicted octanol–water partition coefficient (Wildman–Crippen LogP) is 4.57. The summed E-state index contributed by atoms with van der Waals surface area (Å²) in [6.07, 6.45) is 0. The lowest BCUT2D eigenvalue weighted by atomic mass is 9.96. The van der Waals surface area contributed by atoms with Crippen molar-refractivity contribution in [3.63, 3.8) is 0 Å². The highest BCUT2D eigenvalue weighted by atomic mass is 16.5. The van der Waals surface area contributed by atoms with E-state index in [9.17, 15) is 4.79 Å². The highest BCUT2D eigenvalue weighted by molar-refractivity contribution is 6.16. The zero-order valence-corrected chi connectivity index (χ0v) is 18.0. The van der Waals surface area contributed by atoms with Gasteiger partial charge >= 0.3 is 5.97 Å². The van der Waals surface area contributed by atoms with Gasteiger partial charge in [0.15, 0.2) is 0 Å². The number of quaternary nitrogens is 1. The molecular weight excluding hydrogens is 390 g/mol. The van der Waals surface area contributed by atoms with Gasteiger partial charge in [-0.3, -0.25) is 4.90 Å². The van der Waals surface area contributed by atoms with E-state index in [1.807, 2.05) is 38.1 Å². The lowest BCUT2D eigenvalue weighted by Crippen LogP contribution is -3.12. The first-order chi connectivity index (χ1) is 15.1. The Morgan fingerprint density at radius 1 is 1.10 bits per heavy atom. The minimum Gasteiger partial charge on any atom is -0.462 e. The number of hydrogen-bond donors (Lipinski definition) is 1. The molecule has 0 aliphatic carbocycles. The first kappa shape index (κ1) is 19.6. The van der Waals surface area contributed by atoms with Gasteiger partial charge in [-0.2, -0.15) is 0 Å². The summed E-state index contributed by atoms with van der Waals surface area (Å²) in [6, 6.07) is 18.8. The molecule has 0 amide bonds. The van der Waals surface area contributed by atoms with E-state index >= 15 is 0 Å². The lowest BCUT2D eigenvalue weighted by molar-refractivity contribution is -0.960. The fourth-order valence-electron chi connectivity index (χ4n) is 4.66. The van der Waals surface area contributed by atoms with Crippen LogP contribution in [0.3, 0.4) is 0 Å². The Morgan fingerprint density at radius 3 is 2.55 bits per heavy atom. The van der Waals surface area contributed by atoms with E-state index < -0.39 is 0 Å². The van der Waals surface area contributed by atoms with E-state index in [1.54, 1.807) is 0 Å². The monoisotopic (exact) mass is 416 g/mol. The fraction of sp³-hybridized carbons (Fsp3) is 0.269. The van der Waals surface area contributed by atoms with Crippen molar-refractivity contribution in [3.8, 4) is 5.75 Å². The van der Waals surface area contributed by atoms with Crippen LogP contribution in [-0.4, -0.2) is 19.3 Å². The Balaban J connectivity index is 1.72. The van der Waals surface area contributed by atoms with Crippen LogP contribution in [0.5, 0.6) is 5.75 Å². The van der Waals surface area contributed by atoms with Crippen molar-refractivity contribution in [2.45, 2.75) is 33.4 Å². The molecule has 3 aromatic carbocycles. The molecule has 0 saturated carbocycles. The van der Waals surface area contributed by atoms with Crippen LogP contribution in [0.25, 0.3) is 21.7 Å². The van der Waals surface area contributed by atoms with Crippen LogP contribution >= 0.6 is 0 Å². The van der Waals surface area contributed by atoms with Gasteiger partial charge in [-0.15, -0.1) is 0 Å². The molecule has 31 heavy (non-hydrogen) atoms. The number of rotatable bonds is 4. The molecule has 1 N–H and O–H groups in total. The normalized spacial score (nSPS) is 16.7. The van der Waals surface area contributed by atoms with E-state index in [0.29, 0.717) is 24.7 Å². The number of carbonyl (C=O) groups excluding carboxylic acids is 1. The number of benzene rings is 3. The molecule has 158 valence electrons. The maximum absolute atomic E-state index is 12.9. The van der Waals surface area contributed by atoms with Gasteiger partial charge in [0.25, 0.3) is 0 Å². The molecule has 5 rings (SSSR count). The number of esters is 1. The van der Waals surface area contributed by atoms with Crippen molar-refractivity contribution in [2.75, 3.05) is 13.3 Å². The Bertz CT molecular complexity index is 1280. The summed E-state index contributed by atoms with van der Waals surface area (Å²) in [5.41, 5.74) is 3.51. The second-order valence-electron chi connectivity index (χ2n) is 8.07. The van der Waals surface area contributed by atoms with Crippen molar-refractivity contribution in [1.29, 1.82) is 0 Å². The van der Waals surface area contributed by atoms with Gasteiger partial charge in [-0.25, -0.2) is 4.79 Å². The zero-order chi connectivity index (χ0) is 21.5. The Morgan fingerprint density at radius 2 is 1.81 bits per heavy atom. The molecule has 0 fully saturated rings. The average Bonchev–Trinajstić information content (AvgIpc) is 3.16. The number of ether oxygens (including phenoxy) is 2. The summed E-state index contributed by atoms with van der Waals surface area (Å²) < 4.78 is 17.9. The first-order valence-electron chi connectivity index (χ1n) is 10.8. The molecule has 2 atom stereocenters. The number of fused-ring (bicyclic) bond motifs is 6. The Kier molecular flexibility index (Phi) is 4.91. The van der Waals surface area contributed by atoms with Gasteiger partial charge in [0, 0.05) is 21.7 Å². The lowest BCUT2D eigenvalue weighted by Gasteiger charge is -2.32. The van der Waals surface area contributed by atoms with Crippen LogP contribution in [0, 0.1) is 6.92 Å². The van der Waals surface area contributed by atoms with Crippen LogP contribution in [0.15, 0.2) is 59.0 Å². The van der Waals surface area contributed by atoms with Crippen LogP contribution in [-0.2, 0) is 11.3 Å². The summed E-state index contributed by atoms with van der Waals surface area (Å²) in [5.74, 6) is 1.08. The molecule has 1 aliphatic rings. The maximum atomic E-state index is 12.9. The summed E-state index contributed by atoms with van der Waals surface area (Å²) in [4.78, 5) is 14.2. The van der Waals surface area contributed by atoms with Crippen LogP contribution in [0.1, 0.15) is 47.1 Å². The second-order valence-corrected chi connectivity index (χ2v) is 8.07. The van der Waals surface area contributed by atoms with Gasteiger partial charge in [-0.1, -0.05) is 54.6 Å². The topological polar surface area (TPSA) is 53.1 Å². The van der Waals surface area contributed by atoms with Crippen molar-refractivity contribution in [3.05, 3.63) is 77.0 Å². The molecule has 1 aromatic heterocycles. The molecular formula is C26H26NO4+. The summed E-state index contributed by atoms with van der Waals surface area (Å²) in [6.45, 7) is 7.47. The van der Waals surface area contributed by atoms with E-state index in [2.05, 4.69) is 37.3 Å². The predicted molar refractivity (Wildman–Crippen MR) is 119 cm³/mol. The van der Waals surface area contributed by atoms with Gasteiger partial charge in [0.2, 0.25) is 6.73 Å². The number of aryl methyl sites for hydroxylation is 1. The summed E-state index contributed by atoms with van der Waals surface area (Å²) in [5, 5.41) is 2.79.